The number of pyridine rings is 1. The maximum absolute atomic E-state index is 12.2. The number of hydrogen-bond donors (Lipinski definition) is 1. The summed E-state index contributed by atoms with van der Waals surface area (Å²) in [6.07, 6.45) is 4.03. The average molecular weight is 279 g/mol. The number of carbonyl (C=O) groups is 1. The van der Waals surface area contributed by atoms with Gasteiger partial charge in [0.25, 0.3) is 5.91 Å². The van der Waals surface area contributed by atoms with Gasteiger partial charge in [-0.1, -0.05) is 24.0 Å². The molecule has 0 saturated carbocycles. The molecule has 0 aliphatic rings. The number of rotatable bonds is 3. The summed E-state index contributed by atoms with van der Waals surface area (Å²) in [7, 11) is 1.75. The van der Waals surface area contributed by atoms with Crippen molar-refractivity contribution in [1.29, 1.82) is 0 Å². The fourth-order valence-electron chi connectivity index (χ4n) is 1.82. The van der Waals surface area contributed by atoms with Crippen LogP contribution in [0.2, 0.25) is 0 Å². The van der Waals surface area contributed by atoms with E-state index in [0.29, 0.717) is 24.2 Å². The second kappa shape index (κ2) is 7.11. The summed E-state index contributed by atoms with van der Waals surface area (Å²) in [6, 6.07) is 10.8. The summed E-state index contributed by atoms with van der Waals surface area (Å²) in [5.74, 6) is 5.97. The van der Waals surface area contributed by atoms with Gasteiger partial charge in [-0.15, -0.1) is 0 Å². The number of hydrogen-bond acceptors (Lipinski definition) is 3. The van der Waals surface area contributed by atoms with Gasteiger partial charge >= 0.3 is 0 Å². The van der Waals surface area contributed by atoms with Gasteiger partial charge in [-0.05, 0) is 24.3 Å². The van der Waals surface area contributed by atoms with Gasteiger partial charge in [-0.2, -0.15) is 0 Å². The molecule has 0 fully saturated rings. The van der Waals surface area contributed by atoms with Crippen LogP contribution in [-0.4, -0.2) is 29.4 Å². The number of para-hydroxylation sites is 1. The van der Waals surface area contributed by atoms with Crippen LogP contribution in [0.4, 0.5) is 5.69 Å². The van der Waals surface area contributed by atoms with E-state index >= 15 is 0 Å². The largest absolute Gasteiger partial charge is 0.398 e. The Kier molecular flexibility index (Phi) is 4.94. The zero-order valence-electron chi connectivity index (χ0n) is 11.9. The van der Waals surface area contributed by atoms with Crippen molar-refractivity contribution in [3.8, 4) is 11.8 Å². The molecule has 4 nitrogen and oxygen atoms in total. The highest BCUT2D eigenvalue weighted by Gasteiger charge is 2.12. The van der Waals surface area contributed by atoms with Crippen molar-refractivity contribution in [1.82, 2.24) is 9.88 Å². The van der Waals surface area contributed by atoms with E-state index in [1.54, 1.807) is 42.5 Å². The quantitative estimate of drug-likeness (QED) is 0.692. The van der Waals surface area contributed by atoms with Crippen molar-refractivity contribution in [3.63, 3.8) is 0 Å². The molecule has 106 valence electrons. The fourth-order valence-corrected chi connectivity index (χ4v) is 1.82. The predicted octanol–water partition coefficient (Wildman–Crippen LogP) is 2.18. The molecule has 0 spiro atoms. The van der Waals surface area contributed by atoms with Crippen molar-refractivity contribution in [3.05, 3.63) is 59.9 Å². The number of benzene rings is 1. The SMILES string of the molecule is CN(CCC#Cc1cccnc1)C(=O)c1ccccc1N. The van der Waals surface area contributed by atoms with Gasteiger partial charge in [-0.3, -0.25) is 9.78 Å². The molecule has 1 aromatic carbocycles. The van der Waals surface area contributed by atoms with Crippen LogP contribution in [0.25, 0.3) is 0 Å². The lowest BCUT2D eigenvalue weighted by Gasteiger charge is -2.16. The van der Waals surface area contributed by atoms with Crippen LogP contribution in [0.3, 0.4) is 0 Å². The first kappa shape index (κ1) is 14.6. The lowest BCUT2D eigenvalue weighted by molar-refractivity contribution is 0.0799. The van der Waals surface area contributed by atoms with E-state index in [4.69, 9.17) is 5.73 Å². The molecule has 1 amide bonds. The van der Waals surface area contributed by atoms with Gasteiger partial charge in [0, 0.05) is 43.7 Å². The molecule has 4 heteroatoms. The number of nitrogen functional groups attached to an aromatic ring is 1. The van der Waals surface area contributed by atoms with Crippen LogP contribution in [0.15, 0.2) is 48.8 Å². The van der Waals surface area contributed by atoms with E-state index < -0.39 is 0 Å². The summed E-state index contributed by atoms with van der Waals surface area (Å²) >= 11 is 0. The Morgan fingerprint density at radius 3 is 2.81 bits per heavy atom. The van der Waals surface area contributed by atoms with Gasteiger partial charge < -0.3 is 10.6 Å². The Morgan fingerprint density at radius 2 is 2.10 bits per heavy atom. The molecule has 2 aromatic rings. The van der Waals surface area contributed by atoms with Gasteiger partial charge in [0.15, 0.2) is 0 Å². The van der Waals surface area contributed by atoms with E-state index in [2.05, 4.69) is 16.8 Å². The van der Waals surface area contributed by atoms with Gasteiger partial charge in [0.1, 0.15) is 0 Å². The Morgan fingerprint density at radius 1 is 1.29 bits per heavy atom. The van der Waals surface area contributed by atoms with Gasteiger partial charge in [-0.25, -0.2) is 0 Å². The summed E-state index contributed by atoms with van der Waals surface area (Å²) in [5, 5.41) is 0. The molecule has 0 unspecified atom stereocenters. The molecular formula is C17H17N3O. The number of nitrogens with two attached hydrogens (primary N) is 1. The lowest BCUT2D eigenvalue weighted by atomic mass is 10.1. The van der Waals surface area contributed by atoms with Crippen molar-refractivity contribution in [2.24, 2.45) is 0 Å². The minimum Gasteiger partial charge on any atom is -0.398 e. The van der Waals surface area contributed by atoms with E-state index in [1.807, 2.05) is 18.2 Å². The molecule has 0 aliphatic heterocycles. The molecule has 0 atom stereocenters. The zero-order valence-corrected chi connectivity index (χ0v) is 11.9. The Bertz CT molecular complexity index is 671. The monoisotopic (exact) mass is 279 g/mol. The number of aromatic nitrogens is 1. The summed E-state index contributed by atoms with van der Waals surface area (Å²) in [6.45, 7) is 0.556. The number of amides is 1. The third-order valence-electron chi connectivity index (χ3n) is 3.00. The minimum atomic E-state index is -0.0868. The molecule has 2 rings (SSSR count). The first-order chi connectivity index (χ1) is 10.2. The molecule has 2 N–H and O–H groups in total. The number of nitrogens with zero attached hydrogens (tertiary/aromatic N) is 2. The molecule has 0 bridgehead atoms. The van der Waals surface area contributed by atoms with Crippen LogP contribution >= 0.6 is 0 Å². The normalized spacial score (nSPS) is 9.57. The molecule has 0 radical (unpaired) electrons. The van der Waals surface area contributed by atoms with Crippen LogP contribution in [0.1, 0.15) is 22.3 Å². The summed E-state index contributed by atoms with van der Waals surface area (Å²) in [5.41, 5.74) is 7.71. The molecule has 21 heavy (non-hydrogen) atoms. The second-order valence-corrected chi connectivity index (χ2v) is 4.61. The van der Waals surface area contributed by atoms with Crippen LogP contribution in [0.5, 0.6) is 0 Å². The Balaban J connectivity index is 1.91. The number of anilines is 1. The average Bonchev–Trinajstić information content (AvgIpc) is 2.52. The van der Waals surface area contributed by atoms with E-state index in [9.17, 15) is 4.79 Å². The third kappa shape index (κ3) is 4.08. The lowest BCUT2D eigenvalue weighted by Crippen LogP contribution is -2.28. The Labute approximate surface area is 124 Å². The predicted molar refractivity (Wildman–Crippen MR) is 83.5 cm³/mol. The van der Waals surface area contributed by atoms with Crippen molar-refractivity contribution in [2.45, 2.75) is 6.42 Å². The highest BCUT2D eigenvalue weighted by atomic mass is 16.2. The van der Waals surface area contributed by atoms with E-state index in [1.165, 1.54) is 0 Å². The maximum Gasteiger partial charge on any atom is 0.255 e. The smallest absolute Gasteiger partial charge is 0.255 e. The van der Waals surface area contributed by atoms with Crippen LogP contribution < -0.4 is 5.73 Å². The Hall–Kier alpha value is -2.80. The van der Waals surface area contributed by atoms with Gasteiger partial charge in [0.05, 0.1) is 5.56 Å². The van der Waals surface area contributed by atoms with Crippen LogP contribution in [0, 0.1) is 11.8 Å². The fraction of sp³-hybridized carbons (Fsp3) is 0.176. The molecular weight excluding hydrogens is 262 g/mol. The van der Waals surface area contributed by atoms with Crippen molar-refractivity contribution in [2.75, 3.05) is 19.3 Å². The van der Waals surface area contributed by atoms with Crippen LogP contribution in [-0.2, 0) is 0 Å². The highest BCUT2D eigenvalue weighted by Crippen LogP contribution is 2.12. The van der Waals surface area contributed by atoms with E-state index in [-0.39, 0.29) is 5.91 Å². The zero-order chi connectivity index (χ0) is 15.1. The number of carbonyl (C=O) groups excluding carboxylic acids is 1. The third-order valence-corrected chi connectivity index (χ3v) is 3.00. The summed E-state index contributed by atoms with van der Waals surface area (Å²) in [4.78, 5) is 17.8. The van der Waals surface area contributed by atoms with E-state index in [0.717, 1.165) is 5.56 Å². The highest BCUT2D eigenvalue weighted by molar-refractivity contribution is 5.98. The van der Waals surface area contributed by atoms with Crippen molar-refractivity contribution >= 4 is 11.6 Å². The standard InChI is InChI=1S/C17H17N3O/c1-20(17(21)15-9-2-3-10-16(15)18)12-5-4-7-14-8-6-11-19-13-14/h2-3,6,8-11,13H,5,12,18H2,1H3. The molecule has 0 aliphatic carbocycles. The first-order valence-corrected chi connectivity index (χ1v) is 6.67. The topological polar surface area (TPSA) is 59.2 Å². The van der Waals surface area contributed by atoms with Gasteiger partial charge in [0.2, 0.25) is 0 Å². The molecule has 1 aromatic heterocycles. The minimum absolute atomic E-state index is 0.0868. The first-order valence-electron chi connectivity index (χ1n) is 6.67. The second-order valence-electron chi connectivity index (χ2n) is 4.61. The molecule has 0 saturated heterocycles. The maximum atomic E-state index is 12.2. The summed E-state index contributed by atoms with van der Waals surface area (Å²) < 4.78 is 0. The molecule has 1 heterocycles. The van der Waals surface area contributed by atoms with Crippen molar-refractivity contribution < 1.29 is 4.79 Å².